The summed E-state index contributed by atoms with van der Waals surface area (Å²) in [4.78, 5) is 0. The number of aryl methyl sites for hydroxylation is 1. The molecular formula is C16H15Cl2NO. The molecule has 0 amide bonds. The monoisotopic (exact) mass is 307 g/mol. The molecule has 0 saturated carbocycles. The summed E-state index contributed by atoms with van der Waals surface area (Å²) in [5, 5.41) is 4.76. The van der Waals surface area contributed by atoms with Crippen LogP contribution in [-0.2, 0) is 6.42 Å². The summed E-state index contributed by atoms with van der Waals surface area (Å²) in [7, 11) is 1.68. The molecule has 1 aliphatic rings. The second kappa shape index (κ2) is 5.55. The van der Waals surface area contributed by atoms with Gasteiger partial charge in [0.15, 0.2) is 0 Å². The Hall–Kier alpha value is -1.38. The van der Waals surface area contributed by atoms with E-state index in [-0.39, 0.29) is 6.04 Å². The zero-order chi connectivity index (χ0) is 14.1. The number of methoxy groups -OCH3 is 1. The molecule has 2 aromatic carbocycles. The van der Waals surface area contributed by atoms with E-state index >= 15 is 0 Å². The van der Waals surface area contributed by atoms with Crippen LogP contribution in [0.1, 0.15) is 23.6 Å². The predicted octanol–water partition coefficient (Wildman–Crippen LogP) is 5.10. The smallest absolute Gasteiger partial charge is 0.119 e. The average molecular weight is 308 g/mol. The molecule has 2 aromatic rings. The normalized spacial score (nSPS) is 16.9. The number of nitrogens with one attached hydrogen (secondary N) is 1. The highest BCUT2D eigenvalue weighted by Crippen LogP contribution is 2.39. The zero-order valence-electron chi connectivity index (χ0n) is 11.1. The molecular weight excluding hydrogens is 293 g/mol. The third-order valence-corrected chi connectivity index (χ3v) is 4.34. The van der Waals surface area contributed by atoms with Crippen LogP contribution in [0.2, 0.25) is 10.0 Å². The lowest BCUT2D eigenvalue weighted by Crippen LogP contribution is -2.08. The van der Waals surface area contributed by atoms with Crippen LogP contribution in [0.15, 0.2) is 36.4 Å². The van der Waals surface area contributed by atoms with Crippen molar-refractivity contribution in [2.24, 2.45) is 0 Å². The lowest BCUT2D eigenvalue weighted by Gasteiger charge is -2.18. The highest BCUT2D eigenvalue weighted by molar-refractivity contribution is 6.39. The Kier molecular flexibility index (Phi) is 3.77. The molecule has 2 nitrogen and oxygen atoms in total. The van der Waals surface area contributed by atoms with Gasteiger partial charge in [0.25, 0.3) is 0 Å². The molecule has 1 atom stereocenters. The fourth-order valence-corrected chi connectivity index (χ4v) is 3.17. The van der Waals surface area contributed by atoms with E-state index in [1.165, 1.54) is 11.1 Å². The van der Waals surface area contributed by atoms with Crippen LogP contribution in [0.3, 0.4) is 0 Å². The quantitative estimate of drug-likeness (QED) is 0.851. The van der Waals surface area contributed by atoms with Crippen molar-refractivity contribution in [3.8, 4) is 5.75 Å². The van der Waals surface area contributed by atoms with Gasteiger partial charge in [0.05, 0.1) is 28.9 Å². The van der Waals surface area contributed by atoms with Crippen molar-refractivity contribution in [3.05, 3.63) is 57.6 Å². The van der Waals surface area contributed by atoms with Gasteiger partial charge in [-0.15, -0.1) is 0 Å². The van der Waals surface area contributed by atoms with Crippen LogP contribution in [0.25, 0.3) is 0 Å². The molecule has 104 valence electrons. The van der Waals surface area contributed by atoms with Crippen molar-refractivity contribution in [2.75, 3.05) is 12.4 Å². The van der Waals surface area contributed by atoms with Crippen molar-refractivity contribution in [1.29, 1.82) is 0 Å². The molecule has 0 aromatic heterocycles. The van der Waals surface area contributed by atoms with Crippen LogP contribution in [0.4, 0.5) is 5.69 Å². The molecule has 0 bridgehead atoms. The predicted molar refractivity (Wildman–Crippen MR) is 84.1 cm³/mol. The van der Waals surface area contributed by atoms with Crippen molar-refractivity contribution >= 4 is 28.9 Å². The highest BCUT2D eigenvalue weighted by atomic mass is 35.5. The standard InChI is InChI=1S/C16H15Cl2NO/c1-20-11-7-5-10-6-8-15(12(10)9-11)19-16-13(17)3-2-4-14(16)18/h2-5,7,9,15,19H,6,8H2,1H3. The first kappa shape index (κ1) is 13.6. The van der Waals surface area contributed by atoms with E-state index in [1.807, 2.05) is 24.3 Å². The summed E-state index contributed by atoms with van der Waals surface area (Å²) in [6.07, 6.45) is 2.09. The van der Waals surface area contributed by atoms with Gasteiger partial charge in [-0.25, -0.2) is 0 Å². The Morgan fingerprint density at radius 2 is 1.90 bits per heavy atom. The van der Waals surface area contributed by atoms with Gasteiger partial charge in [-0.3, -0.25) is 0 Å². The van der Waals surface area contributed by atoms with Gasteiger partial charge in [-0.1, -0.05) is 35.3 Å². The molecule has 3 rings (SSSR count). The number of benzene rings is 2. The van der Waals surface area contributed by atoms with Crippen LogP contribution >= 0.6 is 23.2 Å². The number of ether oxygens (including phenoxy) is 1. The second-order valence-corrected chi connectivity index (χ2v) is 5.71. The summed E-state index contributed by atoms with van der Waals surface area (Å²) >= 11 is 12.4. The topological polar surface area (TPSA) is 21.3 Å². The molecule has 4 heteroatoms. The molecule has 0 heterocycles. The van der Waals surface area contributed by atoms with E-state index in [2.05, 4.69) is 17.4 Å². The van der Waals surface area contributed by atoms with Gasteiger partial charge in [0.2, 0.25) is 0 Å². The largest absolute Gasteiger partial charge is 0.497 e. The van der Waals surface area contributed by atoms with Gasteiger partial charge in [-0.2, -0.15) is 0 Å². The lowest BCUT2D eigenvalue weighted by atomic mass is 10.1. The van der Waals surface area contributed by atoms with E-state index in [1.54, 1.807) is 7.11 Å². The number of rotatable bonds is 3. The van der Waals surface area contributed by atoms with Crippen molar-refractivity contribution in [2.45, 2.75) is 18.9 Å². The summed E-state index contributed by atoms with van der Waals surface area (Å²) in [5.41, 5.74) is 3.42. The maximum atomic E-state index is 6.22. The number of para-hydroxylation sites is 1. The van der Waals surface area contributed by atoms with E-state index < -0.39 is 0 Å². The molecule has 1 unspecified atom stereocenters. The molecule has 0 radical (unpaired) electrons. The molecule has 1 N–H and O–H groups in total. The minimum absolute atomic E-state index is 0.220. The third-order valence-electron chi connectivity index (χ3n) is 3.71. The van der Waals surface area contributed by atoms with Crippen LogP contribution < -0.4 is 10.1 Å². The summed E-state index contributed by atoms with van der Waals surface area (Å²) < 4.78 is 5.31. The fourth-order valence-electron chi connectivity index (χ4n) is 2.67. The van der Waals surface area contributed by atoms with E-state index in [0.29, 0.717) is 10.0 Å². The first-order valence-corrected chi connectivity index (χ1v) is 7.32. The first-order chi connectivity index (χ1) is 9.69. The van der Waals surface area contributed by atoms with Gasteiger partial charge in [-0.05, 0) is 48.2 Å². The maximum absolute atomic E-state index is 6.22. The van der Waals surface area contributed by atoms with Crippen LogP contribution in [0.5, 0.6) is 5.75 Å². The Morgan fingerprint density at radius 3 is 2.60 bits per heavy atom. The summed E-state index contributed by atoms with van der Waals surface area (Å²) in [5.74, 6) is 0.878. The van der Waals surface area contributed by atoms with Crippen molar-refractivity contribution in [3.63, 3.8) is 0 Å². The fraction of sp³-hybridized carbons (Fsp3) is 0.250. The van der Waals surface area contributed by atoms with Crippen LogP contribution in [0, 0.1) is 0 Å². The zero-order valence-corrected chi connectivity index (χ0v) is 12.6. The first-order valence-electron chi connectivity index (χ1n) is 6.56. The van der Waals surface area contributed by atoms with Crippen molar-refractivity contribution in [1.82, 2.24) is 0 Å². The average Bonchev–Trinajstić information content (AvgIpc) is 2.85. The van der Waals surface area contributed by atoms with E-state index in [9.17, 15) is 0 Å². The van der Waals surface area contributed by atoms with E-state index in [0.717, 1.165) is 24.3 Å². The van der Waals surface area contributed by atoms with Gasteiger partial charge in [0, 0.05) is 0 Å². The molecule has 20 heavy (non-hydrogen) atoms. The summed E-state index contributed by atoms with van der Waals surface area (Å²) in [6, 6.07) is 12.0. The number of anilines is 1. The number of hydrogen-bond acceptors (Lipinski definition) is 2. The maximum Gasteiger partial charge on any atom is 0.119 e. The summed E-state index contributed by atoms with van der Waals surface area (Å²) in [6.45, 7) is 0. The lowest BCUT2D eigenvalue weighted by molar-refractivity contribution is 0.414. The van der Waals surface area contributed by atoms with Gasteiger partial charge < -0.3 is 10.1 Å². The van der Waals surface area contributed by atoms with Crippen LogP contribution in [-0.4, -0.2) is 7.11 Å². The van der Waals surface area contributed by atoms with Gasteiger partial charge in [0.1, 0.15) is 5.75 Å². The Bertz CT molecular complexity index is 622. The Balaban J connectivity index is 1.92. The molecule has 0 fully saturated rings. The minimum Gasteiger partial charge on any atom is -0.497 e. The Morgan fingerprint density at radius 1 is 1.15 bits per heavy atom. The molecule has 0 spiro atoms. The Labute approximate surface area is 128 Å². The van der Waals surface area contributed by atoms with Gasteiger partial charge >= 0.3 is 0 Å². The molecule has 1 aliphatic carbocycles. The number of halogens is 2. The van der Waals surface area contributed by atoms with Crippen molar-refractivity contribution < 1.29 is 4.74 Å². The molecule has 0 saturated heterocycles. The minimum atomic E-state index is 0.220. The number of hydrogen-bond donors (Lipinski definition) is 1. The highest BCUT2D eigenvalue weighted by Gasteiger charge is 2.24. The SMILES string of the molecule is COc1ccc2c(c1)C(Nc1c(Cl)cccc1Cl)CC2. The number of fused-ring (bicyclic) bond motifs is 1. The second-order valence-electron chi connectivity index (χ2n) is 4.90. The molecule has 0 aliphatic heterocycles. The van der Waals surface area contributed by atoms with E-state index in [4.69, 9.17) is 27.9 Å². The third kappa shape index (κ3) is 2.46.